The molecule has 0 spiro atoms. The first-order chi connectivity index (χ1) is 13.6. The van der Waals surface area contributed by atoms with E-state index in [2.05, 4.69) is 22.0 Å². The summed E-state index contributed by atoms with van der Waals surface area (Å²) < 4.78 is 10.5. The molecule has 0 radical (unpaired) electrons. The van der Waals surface area contributed by atoms with Gasteiger partial charge in [-0.2, -0.15) is 0 Å². The highest BCUT2D eigenvalue weighted by Gasteiger charge is 2.48. The molecule has 148 valence electrons. The first-order valence-corrected chi connectivity index (χ1v) is 9.71. The quantitative estimate of drug-likeness (QED) is 0.797. The van der Waals surface area contributed by atoms with Crippen LogP contribution in [-0.4, -0.2) is 54.5 Å². The number of pyridine rings is 1. The number of fused-ring (bicyclic) bond motifs is 1. The van der Waals surface area contributed by atoms with Gasteiger partial charge in [0.15, 0.2) is 0 Å². The molecule has 2 aliphatic heterocycles. The number of aromatic nitrogens is 1. The Morgan fingerprint density at radius 2 is 1.89 bits per heavy atom. The zero-order valence-corrected chi connectivity index (χ0v) is 16.7. The number of methoxy groups -OCH3 is 2. The van der Waals surface area contributed by atoms with Crippen LogP contribution in [0.25, 0.3) is 0 Å². The number of hydrogen-bond acceptors (Lipinski definition) is 5. The monoisotopic (exact) mass is 381 g/mol. The normalized spacial score (nSPS) is 24.2. The maximum atomic E-state index is 12.3. The first-order valence-electron chi connectivity index (χ1n) is 9.71. The van der Waals surface area contributed by atoms with E-state index in [1.165, 1.54) is 11.1 Å². The lowest BCUT2D eigenvalue weighted by atomic mass is 9.89. The van der Waals surface area contributed by atoms with Crippen LogP contribution in [0.15, 0.2) is 42.6 Å². The van der Waals surface area contributed by atoms with Gasteiger partial charge in [-0.15, -0.1) is 0 Å². The van der Waals surface area contributed by atoms with Crippen molar-refractivity contribution in [3.8, 4) is 11.6 Å². The Kier molecular flexibility index (Phi) is 5.22. The summed E-state index contributed by atoms with van der Waals surface area (Å²) >= 11 is 0. The number of carbonyl (C=O) groups excluding carboxylic acids is 1. The molecule has 3 atom stereocenters. The molecule has 6 heteroatoms. The Morgan fingerprint density at radius 1 is 1.11 bits per heavy atom. The highest BCUT2D eigenvalue weighted by molar-refractivity contribution is 5.74. The van der Waals surface area contributed by atoms with E-state index in [9.17, 15) is 4.79 Å². The van der Waals surface area contributed by atoms with Crippen LogP contribution in [0.3, 0.4) is 0 Å². The van der Waals surface area contributed by atoms with Crippen LogP contribution in [-0.2, 0) is 11.3 Å². The fourth-order valence-corrected chi connectivity index (χ4v) is 4.74. The van der Waals surface area contributed by atoms with Gasteiger partial charge in [0, 0.05) is 51.3 Å². The van der Waals surface area contributed by atoms with Gasteiger partial charge in [-0.1, -0.05) is 12.1 Å². The second kappa shape index (κ2) is 7.80. The summed E-state index contributed by atoms with van der Waals surface area (Å²) in [5.41, 5.74) is 2.40. The van der Waals surface area contributed by atoms with Gasteiger partial charge in [-0.3, -0.25) is 9.69 Å². The van der Waals surface area contributed by atoms with E-state index in [0.29, 0.717) is 17.7 Å². The van der Waals surface area contributed by atoms with Crippen LogP contribution >= 0.6 is 0 Å². The van der Waals surface area contributed by atoms with Crippen molar-refractivity contribution in [2.75, 3.05) is 33.9 Å². The van der Waals surface area contributed by atoms with E-state index < -0.39 is 0 Å². The minimum atomic E-state index is 0.130. The number of nitrogens with zero attached hydrogens (tertiary/aromatic N) is 3. The summed E-state index contributed by atoms with van der Waals surface area (Å²) in [5, 5.41) is 0. The fraction of sp³-hybridized carbons (Fsp3) is 0.455. The standard InChI is InChI=1S/C22H27N3O3/c1-15(26)25-13-18-12-24(11-16-8-9-23-21(10-16)28-3)14-20(18)22(25)17-4-6-19(27-2)7-5-17/h4-10,18,20,22H,11-14H2,1-3H3/t18-,20-,22+/m1/s1. The number of ether oxygens (including phenoxy) is 2. The van der Waals surface area contributed by atoms with Gasteiger partial charge in [-0.25, -0.2) is 4.98 Å². The highest BCUT2D eigenvalue weighted by atomic mass is 16.5. The molecule has 2 saturated heterocycles. The maximum Gasteiger partial charge on any atom is 0.219 e. The van der Waals surface area contributed by atoms with Gasteiger partial charge in [-0.05, 0) is 35.2 Å². The zero-order valence-electron chi connectivity index (χ0n) is 16.7. The predicted molar refractivity (Wildman–Crippen MR) is 106 cm³/mol. The molecule has 2 fully saturated rings. The molecule has 1 aromatic heterocycles. The van der Waals surface area contributed by atoms with E-state index in [0.717, 1.165) is 31.9 Å². The van der Waals surface area contributed by atoms with E-state index in [1.54, 1.807) is 27.3 Å². The average molecular weight is 381 g/mol. The minimum absolute atomic E-state index is 0.130. The lowest BCUT2D eigenvalue weighted by molar-refractivity contribution is -0.130. The first kappa shape index (κ1) is 18.7. The number of carbonyl (C=O) groups is 1. The van der Waals surface area contributed by atoms with Crippen molar-refractivity contribution in [1.82, 2.24) is 14.8 Å². The van der Waals surface area contributed by atoms with E-state index >= 15 is 0 Å². The molecule has 4 rings (SSSR count). The molecule has 2 aliphatic rings. The molecule has 3 heterocycles. The van der Waals surface area contributed by atoms with Gasteiger partial charge < -0.3 is 14.4 Å². The third kappa shape index (κ3) is 3.56. The number of amides is 1. The van der Waals surface area contributed by atoms with Crippen molar-refractivity contribution < 1.29 is 14.3 Å². The van der Waals surface area contributed by atoms with Crippen LogP contribution in [0.4, 0.5) is 0 Å². The Balaban J connectivity index is 1.52. The number of hydrogen-bond donors (Lipinski definition) is 0. The van der Waals surface area contributed by atoms with Crippen LogP contribution in [0, 0.1) is 11.8 Å². The van der Waals surface area contributed by atoms with Gasteiger partial charge in [0.25, 0.3) is 0 Å². The van der Waals surface area contributed by atoms with Gasteiger partial charge in [0.1, 0.15) is 5.75 Å². The van der Waals surface area contributed by atoms with Crippen LogP contribution in [0.2, 0.25) is 0 Å². The lowest BCUT2D eigenvalue weighted by Gasteiger charge is -2.29. The number of likely N-dealkylation sites (tertiary alicyclic amines) is 2. The molecule has 28 heavy (non-hydrogen) atoms. The molecule has 0 unspecified atom stereocenters. The molecule has 2 aromatic rings. The number of rotatable bonds is 5. The average Bonchev–Trinajstić information content (AvgIpc) is 3.25. The summed E-state index contributed by atoms with van der Waals surface area (Å²) in [7, 11) is 3.31. The molecule has 1 amide bonds. The van der Waals surface area contributed by atoms with Crippen LogP contribution < -0.4 is 9.47 Å². The van der Waals surface area contributed by atoms with Crippen molar-refractivity contribution >= 4 is 5.91 Å². The zero-order chi connectivity index (χ0) is 19.7. The Hall–Kier alpha value is -2.60. The van der Waals surface area contributed by atoms with E-state index in [4.69, 9.17) is 9.47 Å². The highest BCUT2D eigenvalue weighted by Crippen LogP contribution is 2.45. The summed E-state index contributed by atoms with van der Waals surface area (Å²) in [6, 6.07) is 12.3. The van der Waals surface area contributed by atoms with Crippen molar-refractivity contribution in [1.29, 1.82) is 0 Å². The maximum absolute atomic E-state index is 12.3. The smallest absolute Gasteiger partial charge is 0.219 e. The molecule has 0 aliphatic carbocycles. The van der Waals surface area contributed by atoms with E-state index in [-0.39, 0.29) is 11.9 Å². The van der Waals surface area contributed by atoms with Crippen molar-refractivity contribution in [2.24, 2.45) is 11.8 Å². The second-order valence-corrected chi connectivity index (χ2v) is 7.71. The molecule has 0 N–H and O–H groups in total. The second-order valence-electron chi connectivity index (χ2n) is 7.71. The summed E-state index contributed by atoms with van der Waals surface area (Å²) in [4.78, 5) is 21.0. The largest absolute Gasteiger partial charge is 0.497 e. The SMILES string of the molecule is COc1ccc([C@H]2[C@@H]3CN(Cc4ccnc(OC)c4)C[C@@H]3CN2C(C)=O)cc1. The molecule has 0 bridgehead atoms. The lowest BCUT2D eigenvalue weighted by Crippen LogP contribution is -2.34. The Morgan fingerprint density at radius 3 is 2.57 bits per heavy atom. The predicted octanol–water partition coefficient (Wildman–Crippen LogP) is 2.75. The molecular weight excluding hydrogens is 354 g/mol. The summed E-state index contributed by atoms with van der Waals surface area (Å²) in [6.07, 6.45) is 1.79. The fourth-order valence-electron chi connectivity index (χ4n) is 4.74. The third-order valence-corrected chi connectivity index (χ3v) is 6.02. The van der Waals surface area contributed by atoms with E-state index in [1.807, 2.05) is 29.2 Å². The van der Waals surface area contributed by atoms with Crippen molar-refractivity contribution in [3.05, 3.63) is 53.7 Å². The number of benzene rings is 1. The minimum Gasteiger partial charge on any atom is -0.497 e. The van der Waals surface area contributed by atoms with Gasteiger partial charge >= 0.3 is 0 Å². The molecular formula is C22H27N3O3. The topological polar surface area (TPSA) is 54.9 Å². The van der Waals surface area contributed by atoms with Crippen molar-refractivity contribution in [3.63, 3.8) is 0 Å². The summed E-state index contributed by atoms with van der Waals surface area (Å²) in [6.45, 7) is 5.37. The van der Waals surface area contributed by atoms with Crippen LogP contribution in [0.5, 0.6) is 11.6 Å². The molecule has 1 aromatic carbocycles. The van der Waals surface area contributed by atoms with Crippen LogP contribution in [0.1, 0.15) is 24.1 Å². The molecule has 0 saturated carbocycles. The summed E-state index contributed by atoms with van der Waals surface area (Å²) in [5.74, 6) is 2.59. The third-order valence-electron chi connectivity index (χ3n) is 6.02. The van der Waals surface area contributed by atoms with Crippen molar-refractivity contribution in [2.45, 2.75) is 19.5 Å². The Bertz CT molecular complexity index is 839. The Labute approximate surface area is 166 Å². The van der Waals surface area contributed by atoms with Gasteiger partial charge in [0.2, 0.25) is 11.8 Å². The van der Waals surface area contributed by atoms with Gasteiger partial charge in [0.05, 0.1) is 20.3 Å². The molecule has 6 nitrogen and oxygen atoms in total.